The van der Waals surface area contributed by atoms with Crippen molar-refractivity contribution in [2.45, 2.75) is 26.3 Å². The highest BCUT2D eigenvalue weighted by molar-refractivity contribution is 6.39. The molecular formula is C13H16Cl2N2O3. The Morgan fingerprint density at radius 1 is 1.35 bits per heavy atom. The molecule has 0 fully saturated rings. The Morgan fingerprint density at radius 2 is 1.85 bits per heavy atom. The molecule has 0 bridgehead atoms. The van der Waals surface area contributed by atoms with E-state index in [2.05, 4.69) is 5.32 Å². The summed E-state index contributed by atoms with van der Waals surface area (Å²) in [6.45, 7) is 3.60. The number of hydrogen-bond donors (Lipinski definition) is 3. The van der Waals surface area contributed by atoms with E-state index < -0.39 is 17.9 Å². The molecule has 20 heavy (non-hydrogen) atoms. The van der Waals surface area contributed by atoms with Gasteiger partial charge in [-0.2, -0.15) is 0 Å². The molecule has 0 aliphatic carbocycles. The third-order valence-corrected chi connectivity index (χ3v) is 3.73. The van der Waals surface area contributed by atoms with Gasteiger partial charge in [-0.25, -0.2) is 4.79 Å². The number of anilines is 1. The van der Waals surface area contributed by atoms with Crippen molar-refractivity contribution in [1.82, 2.24) is 5.32 Å². The molecule has 7 heteroatoms. The monoisotopic (exact) mass is 318 g/mol. The first-order valence-electron chi connectivity index (χ1n) is 6.06. The first-order chi connectivity index (χ1) is 9.27. The number of benzene rings is 1. The first-order valence-corrected chi connectivity index (χ1v) is 6.81. The van der Waals surface area contributed by atoms with Crippen molar-refractivity contribution < 1.29 is 14.7 Å². The van der Waals surface area contributed by atoms with E-state index in [0.717, 1.165) is 0 Å². The van der Waals surface area contributed by atoms with Crippen LogP contribution >= 0.6 is 23.2 Å². The van der Waals surface area contributed by atoms with Crippen LogP contribution in [0.5, 0.6) is 0 Å². The van der Waals surface area contributed by atoms with E-state index >= 15 is 0 Å². The molecule has 2 atom stereocenters. The molecule has 0 radical (unpaired) electrons. The van der Waals surface area contributed by atoms with Gasteiger partial charge < -0.3 is 16.2 Å². The molecule has 1 aromatic rings. The summed E-state index contributed by atoms with van der Waals surface area (Å²) in [7, 11) is 0. The molecule has 1 rings (SSSR count). The normalized spacial score (nSPS) is 13.6. The molecule has 0 spiro atoms. The maximum absolute atomic E-state index is 12.1. The van der Waals surface area contributed by atoms with Gasteiger partial charge in [-0.05, 0) is 18.1 Å². The van der Waals surface area contributed by atoms with Crippen molar-refractivity contribution >= 4 is 40.8 Å². The highest BCUT2D eigenvalue weighted by atomic mass is 35.5. The van der Waals surface area contributed by atoms with E-state index in [1.165, 1.54) is 12.1 Å². The van der Waals surface area contributed by atoms with Gasteiger partial charge in [0.05, 0.1) is 15.7 Å². The fraction of sp³-hybridized carbons (Fsp3) is 0.385. The Labute approximate surface area is 127 Å². The van der Waals surface area contributed by atoms with Crippen LogP contribution in [0.3, 0.4) is 0 Å². The van der Waals surface area contributed by atoms with Gasteiger partial charge in [-0.15, -0.1) is 0 Å². The molecule has 0 aromatic heterocycles. The lowest BCUT2D eigenvalue weighted by Gasteiger charge is -2.20. The second-order valence-electron chi connectivity index (χ2n) is 4.53. The van der Waals surface area contributed by atoms with Crippen LogP contribution in [0.15, 0.2) is 12.1 Å². The average molecular weight is 319 g/mol. The molecule has 0 heterocycles. The minimum Gasteiger partial charge on any atom is -0.480 e. The van der Waals surface area contributed by atoms with Gasteiger partial charge >= 0.3 is 5.97 Å². The second-order valence-corrected chi connectivity index (χ2v) is 5.34. The van der Waals surface area contributed by atoms with Crippen LogP contribution in [0.1, 0.15) is 30.6 Å². The van der Waals surface area contributed by atoms with Crippen LogP contribution < -0.4 is 11.1 Å². The zero-order chi connectivity index (χ0) is 15.4. The topological polar surface area (TPSA) is 92.4 Å². The number of carbonyl (C=O) groups excluding carboxylic acids is 1. The summed E-state index contributed by atoms with van der Waals surface area (Å²) in [5, 5.41) is 11.9. The number of nitrogens with one attached hydrogen (secondary N) is 1. The quantitative estimate of drug-likeness (QED) is 0.728. The number of aliphatic carboxylic acids is 1. The summed E-state index contributed by atoms with van der Waals surface area (Å²) < 4.78 is 0. The molecule has 0 aliphatic heterocycles. The van der Waals surface area contributed by atoms with Gasteiger partial charge in [0.25, 0.3) is 5.91 Å². The molecule has 5 nitrogen and oxygen atoms in total. The van der Waals surface area contributed by atoms with E-state index in [0.29, 0.717) is 6.42 Å². The molecule has 110 valence electrons. The zero-order valence-electron chi connectivity index (χ0n) is 11.1. The maximum Gasteiger partial charge on any atom is 0.326 e. The number of hydrogen-bond acceptors (Lipinski definition) is 3. The summed E-state index contributed by atoms with van der Waals surface area (Å²) in [6, 6.07) is 1.74. The molecule has 0 aliphatic rings. The summed E-state index contributed by atoms with van der Waals surface area (Å²) >= 11 is 11.7. The second kappa shape index (κ2) is 6.81. The van der Waals surface area contributed by atoms with E-state index in [9.17, 15) is 9.59 Å². The van der Waals surface area contributed by atoms with Gasteiger partial charge in [0, 0.05) is 5.56 Å². The minimum atomic E-state index is -1.08. The number of amides is 1. The molecular weight excluding hydrogens is 303 g/mol. The summed E-state index contributed by atoms with van der Waals surface area (Å²) in [5.41, 5.74) is 5.93. The van der Waals surface area contributed by atoms with E-state index in [-0.39, 0.29) is 27.2 Å². The highest BCUT2D eigenvalue weighted by Gasteiger charge is 2.26. The molecule has 0 saturated carbocycles. The van der Waals surface area contributed by atoms with Crippen molar-refractivity contribution in [3.05, 3.63) is 27.7 Å². The van der Waals surface area contributed by atoms with Crippen molar-refractivity contribution in [2.24, 2.45) is 5.92 Å². The van der Waals surface area contributed by atoms with Crippen LogP contribution in [-0.2, 0) is 4.79 Å². The number of carbonyl (C=O) groups is 2. The number of carboxylic acids is 1. The molecule has 1 unspecified atom stereocenters. The molecule has 4 N–H and O–H groups in total. The summed E-state index contributed by atoms with van der Waals surface area (Å²) in [5.74, 6) is -1.84. The largest absolute Gasteiger partial charge is 0.480 e. The van der Waals surface area contributed by atoms with Crippen LogP contribution in [0, 0.1) is 5.92 Å². The number of carboxylic acid groups (broad SMARTS) is 1. The number of halogens is 2. The smallest absolute Gasteiger partial charge is 0.326 e. The van der Waals surface area contributed by atoms with Crippen molar-refractivity contribution in [3.63, 3.8) is 0 Å². The fourth-order valence-electron chi connectivity index (χ4n) is 1.62. The van der Waals surface area contributed by atoms with Gasteiger partial charge in [-0.3, -0.25) is 4.79 Å². The Bertz CT molecular complexity index is 511. The fourth-order valence-corrected chi connectivity index (χ4v) is 2.11. The minimum absolute atomic E-state index is 0.151. The Balaban J connectivity index is 2.98. The Kier molecular flexibility index (Phi) is 5.65. The zero-order valence-corrected chi connectivity index (χ0v) is 12.6. The Hall–Kier alpha value is -1.46. The lowest BCUT2D eigenvalue weighted by molar-refractivity contribution is -0.140. The van der Waals surface area contributed by atoms with Gasteiger partial charge in [-0.1, -0.05) is 43.5 Å². The van der Waals surface area contributed by atoms with Gasteiger partial charge in [0.2, 0.25) is 0 Å². The van der Waals surface area contributed by atoms with Crippen molar-refractivity contribution in [3.8, 4) is 0 Å². The third kappa shape index (κ3) is 3.77. The Morgan fingerprint density at radius 3 is 2.25 bits per heavy atom. The van der Waals surface area contributed by atoms with Crippen molar-refractivity contribution in [1.29, 1.82) is 0 Å². The number of rotatable bonds is 5. The third-order valence-electron chi connectivity index (χ3n) is 3.11. The maximum atomic E-state index is 12.1. The number of nitrogen functional groups attached to an aromatic ring is 1. The van der Waals surface area contributed by atoms with E-state index in [1.807, 2.05) is 6.92 Å². The molecule has 0 saturated heterocycles. The predicted octanol–water partition coefficient (Wildman–Crippen LogP) is 2.80. The first kappa shape index (κ1) is 16.6. The van der Waals surface area contributed by atoms with E-state index in [1.54, 1.807) is 6.92 Å². The molecule has 1 amide bonds. The molecule has 1 aromatic carbocycles. The average Bonchev–Trinajstić information content (AvgIpc) is 2.39. The van der Waals surface area contributed by atoms with Gasteiger partial charge in [0.15, 0.2) is 0 Å². The predicted molar refractivity (Wildman–Crippen MR) is 79.2 cm³/mol. The van der Waals surface area contributed by atoms with E-state index in [4.69, 9.17) is 34.0 Å². The summed E-state index contributed by atoms with van der Waals surface area (Å²) in [4.78, 5) is 23.2. The van der Waals surface area contributed by atoms with Crippen LogP contribution in [-0.4, -0.2) is 23.0 Å². The van der Waals surface area contributed by atoms with Crippen LogP contribution in [0.25, 0.3) is 0 Å². The van der Waals surface area contributed by atoms with Crippen LogP contribution in [0.2, 0.25) is 10.0 Å². The number of nitrogens with two attached hydrogens (primary N) is 1. The summed E-state index contributed by atoms with van der Waals surface area (Å²) in [6.07, 6.45) is 0.625. The van der Waals surface area contributed by atoms with Crippen LogP contribution in [0.4, 0.5) is 5.69 Å². The lowest BCUT2D eigenvalue weighted by Crippen LogP contribution is -2.45. The lowest BCUT2D eigenvalue weighted by atomic mass is 9.99. The SMILES string of the molecule is CCC(C)[C@H](NC(=O)c1cc(Cl)c(N)c(Cl)c1)C(=O)O. The highest BCUT2D eigenvalue weighted by Crippen LogP contribution is 2.28. The standard InChI is InChI=1S/C13H16Cl2N2O3/c1-3-6(2)11(13(19)20)17-12(18)7-4-8(14)10(16)9(15)5-7/h4-6,11H,3,16H2,1-2H3,(H,17,18)(H,19,20)/t6?,11-/m0/s1. The van der Waals surface area contributed by atoms with Crippen molar-refractivity contribution in [2.75, 3.05) is 5.73 Å². The van der Waals surface area contributed by atoms with Gasteiger partial charge in [0.1, 0.15) is 6.04 Å².